The van der Waals surface area contributed by atoms with E-state index >= 15 is 0 Å². The molecule has 0 spiro atoms. The number of H-pyrrole nitrogens is 1. The van der Waals surface area contributed by atoms with E-state index in [-0.39, 0.29) is 5.69 Å². The van der Waals surface area contributed by atoms with Gasteiger partial charge >= 0.3 is 0 Å². The summed E-state index contributed by atoms with van der Waals surface area (Å²) in [5.74, 6) is -0.391. The highest BCUT2D eigenvalue weighted by Crippen LogP contribution is 2.18. The van der Waals surface area contributed by atoms with Crippen LogP contribution in [0.5, 0.6) is 0 Å². The molecule has 0 atom stereocenters. The summed E-state index contributed by atoms with van der Waals surface area (Å²) >= 11 is 9.29. The maximum absolute atomic E-state index is 12.4. The number of halogens is 2. The van der Waals surface area contributed by atoms with Crippen molar-refractivity contribution in [3.05, 3.63) is 87.2 Å². The monoisotopic (exact) mass is 455 g/mol. The van der Waals surface area contributed by atoms with Gasteiger partial charge in [-0.05, 0) is 39.7 Å². The van der Waals surface area contributed by atoms with Gasteiger partial charge in [0.2, 0.25) is 0 Å². The van der Waals surface area contributed by atoms with Gasteiger partial charge in [0.25, 0.3) is 5.91 Å². The van der Waals surface area contributed by atoms with Crippen molar-refractivity contribution < 1.29 is 4.79 Å². The number of benzene rings is 2. The Balaban J connectivity index is 1.44. The molecule has 8 heteroatoms. The molecule has 6 nitrogen and oxygen atoms in total. The van der Waals surface area contributed by atoms with E-state index in [1.807, 2.05) is 54.7 Å². The van der Waals surface area contributed by atoms with Gasteiger partial charge in [-0.3, -0.25) is 9.48 Å². The number of nitrogens with zero attached hydrogens (tertiary/aromatic N) is 3. The summed E-state index contributed by atoms with van der Waals surface area (Å²) in [4.78, 5) is 15.6. The first-order valence-electron chi connectivity index (χ1n) is 8.47. The average molecular weight is 457 g/mol. The first kappa shape index (κ1) is 18.5. The Labute approximate surface area is 174 Å². The molecular formula is C20H15BrClN5O. The first-order valence-corrected chi connectivity index (χ1v) is 9.64. The lowest BCUT2D eigenvalue weighted by atomic mass is 10.2. The van der Waals surface area contributed by atoms with Crippen molar-refractivity contribution in [3.63, 3.8) is 0 Å². The Morgan fingerprint density at radius 2 is 2.04 bits per heavy atom. The van der Waals surface area contributed by atoms with Crippen molar-refractivity contribution in [1.82, 2.24) is 20.2 Å². The van der Waals surface area contributed by atoms with E-state index in [0.717, 1.165) is 22.0 Å². The van der Waals surface area contributed by atoms with Crippen LogP contribution in [0.25, 0.3) is 10.9 Å². The normalized spacial score (nSPS) is 11.4. The van der Waals surface area contributed by atoms with Crippen molar-refractivity contribution in [3.8, 4) is 0 Å². The van der Waals surface area contributed by atoms with Crippen molar-refractivity contribution in [1.29, 1.82) is 0 Å². The lowest BCUT2D eigenvalue weighted by Crippen LogP contribution is -2.19. The van der Waals surface area contributed by atoms with Crippen LogP contribution in [0.4, 0.5) is 0 Å². The van der Waals surface area contributed by atoms with E-state index in [1.54, 1.807) is 17.1 Å². The maximum atomic E-state index is 12.4. The number of aromatic nitrogens is 3. The molecule has 0 saturated carbocycles. The molecule has 0 unspecified atom stereocenters. The minimum Gasteiger partial charge on any atom is -0.361 e. The standard InChI is InChI=1S/C20H15BrClN5O/c21-17-12-27(11-13-5-7-15(22)8-6-13)26-19(17)20(28)25-24-10-14-9-23-18-4-2-1-3-16(14)18/h1-10,12,23H,11H2,(H,25,28). The van der Waals surface area contributed by atoms with E-state index in [2.05, 4.69) is 36.5 Å². The van der Waals surface area contributed by atoms with Crippen LogP contribution < -0.4 is 5.43 Å². The molecule has 0 aliphatic heterocycles. The summed E-state index contributed by atoms with van der Waals surface area (Å²) < 4.78 is 2.28. The molecule has 1 amide bonds. The third-order valence-electron chi connectivity index (χ3n) is 4.18. The second-order valence-corrected chi connectivity index (χ2v) is 7.43. The van der Waals surface area contributed by atoms with Gasteiger partial charge in [-0.2, -0.15) is 10.2 Å². The fourth-order valence-corrected chi connectivity index (χ4v) is 3.44. The lowest BCUT2D eigenvalue weighted by molar-refractivity contribution is 0.0948. The Bertz CT molecular complexity index is 1160. The zero-order chi connectivity index (χ0) is 19.5. The number of hydrazone groups is 1. The van der Waals surface area contributed by atoms with E-state index in [0.29, 0.717) is 16.0 Å². The fourth-order valence-electron chi connectivity index (χ4n) is 2.82. The van der Waals surface area contributed by atoms with Crippen LogP contribution in [-0.4, -0.2) is 26.9 Å². The topological polar surface area (TPSA) is 75.1 Å². The molecular weight excluding hydrogens is 442 g/mol. The number of para-hydroxylation sites is 1. The molecule has 0 radical (unpaired) electrons. The predicted octanol–water partition coefficient (Wildman–Crippen LogP) is 4.59. The number of aromatic amines is 1. The number of carbonyl (C=O) groups is 1. The lowest BCUT2D eigenvalue weighted by Gasteiger charge is -2.01. The quantitative estimate of drug-likeness (QED) is 0.340. The second-order valence-electron chi connectivity index (χ2n) is 6.14. The highest BCUT2D eigenvalue weighted by Gasteiger charge is 2.15. The molecule has 2 aromatic heterocycles. The molecule has 28 heavy (non-hydrogen) atoms. The van der Waals surface area contributed by atoms with Gasteiger partial charge in [-0.15, -0.1) is 0 Å². The number of fused-ring (bicyclic) bond motifs is 1. The Morgan fingerprint density at radius 1 is 1.25 bits per heavy atom. The second kappa shape index (κ2) is 8.00. The summed E-state index contributed by atoms with van der Waals surface area (Å²) in [6.07, 6.45) is 5.21. The maximum Gasteiger partial charge on any atom is 0.293 e. The van der Waals surface area contributed by atoms with Crippen molar-refractivity contribution in [2.24, 2.45) is 5.10 Å². The molecule has 2 heterocycles. The third kappa shape index (κ3) is 4.00. The largest absolute Gasteiger partial charge is 0.361 e. The number of carbonyl (C=O) groups excluding carboxylic acids is 1. The van der Waals surface area contributed by atoms with Crippen LogP contribution in [-0.2, 0) is 6.54 Å². The number of amides is 1. The molecule has 4 rings (SSSR count). The smallest absolute Gasteiger partial charge is 0.293 e. The summed E-state index contributed by atoms with van der Waals surface area (Å²) in [7, 11) is 0. The molecule has 0 bridgehead atoms. The number of hydrogen-bond acceptors (Lipinski definition) is 3. The first-order chi connectivity index (χ1) is 13.6. The Kier molecular flexibility index (Phi) is 5.27. The van der Waals surface area contributed by atoms with Crippen LogP contribution in [0.15, 0.2) is 70.5 Å². The molecule has 140 valence electrons. The number of hydrogen-bond donors (Lipinski definition) is 2. The van der Waals surface area contributed by atoms with Crippen molar-refractivity contribution in [2.75, 3.05) is 0 Å². The SMILES string of the molecule is O=C(NN=Cc1c[nH]c2ccccc12)c1nn(Cc2ccc(Cl)cc2)cc1Br. The van der Waals surface area contributed by atoms with Crippen molar-refractivity contribution >= 4 is 50.6 Å². The predicted molar refractivity (Wildman–Crippen MR) is 114 cm³/mol. The Hall–Kier alpha value is -2.90. The minimum atomic E-state index is -0.391. The zero-order valence-corrected chi connectivity index (χ0v) is 16.9. The van der Waals surface area contributed by atoms with Crippen LogP contribution in [0.1, 0.15) is 21.6 Å². The Morgan fingerprint density at radius 3 is 2.86 bits per heavy atom. The molecule has 0 saturated heterocycles. The summed E-state index contributed by atoms with van der Waals surface area (Å²) in [6.45, 7) is 0.529. The minimum absolute atomic E-state index is 0.269. The van der Waals surface area contributed by atoms with E-state index < -0.39 is 5.91 Å². The molecule has 0 aliphatic carbocycles. The summed E-state index contributed by atoms with van der Waals surface area (Å²) in [6, 6.07) is 15.4. The zero-order valence-electron chi connectivity index (χ0n) is 14.6. The van der Waals surface area contributed by atoms with Crippen LogP contribution in [0, 0.1) is 0 Å². The molecule has 4 aromatic rings. The number of rotatable bonds is 5. The molecule has 0 fully saturated rings. The van der Waals surface area contributed by atoms with Crippen molar-refractivity contribution in [2.45, 2.75) is 6.54 Å². The fraction of sp³-hybridized carbons (Fsp3) is 0.0500. The van der Waals surface area contributed by atoms with Crippen LogP contribution in [0.3, 0.4) is 0 Å². The van der Waals surface area contributed by atoms with Crippen LogP contribution in [0.2, 0.25) is 5.02 Å². The van der Waals surface area contributed by atoms with E-state index in [4.69, 9.17) is 11.6 Å². The van der Waals surface area contributed by atoms with E-state index in [9.17, 15) is 4.79 Å². The van der Waals surface area contributed by atoms with Crippen LogP contribution >= 0.6 is 27.5 Å². The van der Waals surface area contributed by atoms with Gasteiger partial charge in [0.1, 0.15) is 0 Å². The highest BCUT2D eigenvalue weighted by atomic mass is 79.9. The van der Waals surface area contributed by atoms with E-state index in [1.165, 1.54) is 0 Å². The number of nitrogens with one attached hydrogen (secondary N) is 2. The summed E-state index contributed by atoms with van der Waals surface area (Å²) in [5.41, 5.74) is 5.73. The third-order valence-corrected chi connectivity index (χ3v) is 5.01. The van der Waals surface area contributed by atoms with Gasteiger partial charge in [-0.1, -0.05) is 41.9 Å². The van der Waals surface area contributed by atoms with Gasteiger partial charge in [0, 0.05) is 33.9 Å². The van der Waals surface area contributed by atoms with Gasteiger partial charge < -0.3 is 4.98 Å². The summed E-state index contributed by atoms with van der Waals surface area (Å²) in [5, 5.41) is 10.1. The molecule has 0 aliphatic rings. The van der Waals surface area contributed by atoms with Gasteiger partial charge in [0.15, 0.2) is 5.69 Å². The average Bonchev–Trinajstić information content (AvgIpc) is 3.27. The molecule has 2 N–H and O–H groups in total. The van der Waals surface area contributed by atoms with Gasteiger partial charge in [-0.25, -0.2) is 5.43 Å². The van der Waals surface area contributed by atoms with Gasteiger partial charge in [0.05, 0.1) is 17.2 Å². The highest BCUT2D eigenvalue weighted by molar-refractivity contribution is 9.10. The molecule has 2 aromatic carbocycles.